The molecule has 5 heteroatoms. The van der Waals surface area contributed by atoms with Crippen LogP contribution >= 0.6 is 11.6 Å². The van der Waals surface area contributed by atoms with Crippen LogP contribution in [-0.2, 0) is 4.74 Å². The van der Waals surface area contributed by atoms with Crippen LogP contribution in [0.25, 0.3) is 0 Å². The van der Waals surface area contributed by atoms with Crippen LogP contribution in [0.5, 0.6) is 0 Å². The molecule has 0 spiro atoms. The average Bonchev–Trinajstić information content (AvgIpc) is 2.30. The van der Waals surface area contributed by atoms with E-state index in [4.69, 9.17) is 22.1 Å². The van der Waals surface area contributed by atoms with E-state index >= 15 is 0 Å². The van der Waals surface area contributed by atoms with Crippen molar-refractivity contribution in [1.29, 1.82) is 0 Å². The Morgan fingerprint density at radius 2 is 2.12 bits per heavy atom. The highest BCUT2D eigenvalue weighted by Gasteiger charge is 2.23. The molecule has 2 amide bonds. The quantitative estimate of drug-likeness (QED) is 0.814. The number of hydrogen-bond acceptors (Lipinski definition) is 2. The van der Waals surface area contributed by atoms with E-state index < -0.39 is 6.03 Å². The molecule has 1 aliphatic heterocycles. The summed E-state index contributed by atoms with van der Waals surface area (Å²) in [6, 6.07) is 7.02. The van der Waals surface area contributed by atoms with Gasteiger partial charge in [-0.2, -0.15) is 0 Å². The minimum absolute atomic E-state index is 0.112. The summed E-state index contributed by atoms with van der Waals surface area (Å²) in [6.45, 7) is 1.56. The molecule has 1 saturated heterocycles. The number of hydrogen-bond donors (Lipinski definition) is 1. The zero-order valence-electron chi connectivity index (χ0n) is 8.73. The normalized spacial score (nSPS) is 20.8. The first-order valence-corrected chi connectivity index (χ1v) is 5.46. The maximum absolute atomic E-state index is 11.1. The van der Waals surface area contributed by atoms with E-state index in [9.17, 15) is 4.79 Å². The Kier molecular flexibility index (Phi) is 3.31. The molecule has 0 bridgehead atoms. The molecule has 1 heterocycles. The standard InChI is InChI=1S/C11H13ClN2O2/c12-9-3-1-8(2-4-9)10-7-14(11(13)15)5-6-16-10/h1-4,10H,5-7H2,(H2,13,15). The fourth-order valence-electron chi connectivity index (χ4n) is 1.73. The van der Waals surface area contributed by atoms with Crippen molar-refractivity contribution in [2.45, 2.75) is 6.10 Å². The molecule has 0 aromatic heterocycles. The lowest BCUT2D eigenvalue weighted by molar-refractivity contribution is -0.0141. The van der Waals surface area contributed by atoms with Gasteiger partial charge in [0.05, 0.1) is 13.2 Å². The van der Waals surface area contributed by atoms with Crippen molar-refractivity contribution < 1.29 is 9.53 Å². The Balaban J connectivity index is 2.09. The predicted octanol–water partition coefficient (Wildman–Crippen LogP) is 1.79. The number of amides is 2. The summed E-state index contributed by atoms with van der Waals surface area (Å²) in [7, 11) is 0. The van der Waals surface area contributed by atoms with E-state index in [2.05, 4.69) is 0 Å². The van der Waals surface area contributed by atoms with Gasteiger partial charge < -0.3 is 15.4 Å². The van der Waals surface area contributed by atoms with Crippen LogP contribution in [0.2, 0.25) is 5.02 Å². The summed E-state index contributed by atoms with van der Waals surface area (Å²) >= 11 is 5.80. The van der Waals surface area contributed by atoms with Gasteiger partial charge in [-0.1, -0.05) is 23.7 Å². The number of carbonyl (C=O) groups excluding carboxylic acids is 1. The molecule has 1 atom stereocenters. The van der Waals surface area contributed by atoms with Gasteiger partial charge in [0.2, 0.25) is 0 Å². The Morgan fingerprint density at radius 1 is 1.44 bits per heavy atom. The van der Waals surface area contributed by atoms with E-state index in [1.165, 1.54) is 0 Å². The van der Waals surface area contributed by atoms with Crippen LogP contribution in [0.15, 0.2) is 24.3 Å². The van der Waals surface area contributed by atoms with Crippen LogP contribution in [0.4, 0.5) is 4.79 Å². The lowest BCUT2D eigenvalue weighted by Gasteiger charge is -2.32. The smallest absolute Gasteiger partial charge is 0.314 e. The van der Waals surface area contributed by atoms with Crippen LogP contribution in [0.1, 0.15) is 11.7 Å². The molecule has 1 aromatic carbocycles. The van der Waals surface area contributed by atoms with Gasteiger partial charge in [0.1, 0.15) is 6.10 Å². The fraction of sp³-hybridized carbons (Fsp3) is 0.364. The molecule has 0 radical (unpaired) electrons. The van der Waals surface area contributed by atoms with Crippen LogP contribution < -0.4 is 5.73 Å². The molecular weight excluding hydrogens is 228 g/mol. The highest BCUT2D eigenvalue weighted by molar-refractivity contribution is 6.30. The van der Waals surface area contributed by atoms with Gasteiger partial charge in [0, 0.05) is 11.6 Å². The van der Waals surface area contributed by atoms with Gasteiger partial charge in [-0.25, -0.2) is 4.79 Å². The number of benzene rings is 1. The third-order valence-corrected chi connectivity index (χ3v) is 2.87. The second-order valence-corrected chi connectivity index (χ2v) is 4.13. The number of nitrogens with zero attached hydrogens (tertiary/aromatic N) is 1. The van der Waals surface area contributed by atoms with Crippen LogP contribution in [0.3, 0.4) is 0 Å². The highest BCUT2D eigenvalue weighted by Crippen LogP contribution is 2.23. The summed E-state index contributed by atoms with van der Waals surface area (Å²) in [4.78, 5) is 12.6. The summed E-state index contributed by atoms with van der Waals surface area (Å²) in [5.41, 5.74) is 6.25. The van der Waals surface area contributed by atoms with Crippen molar-refractivity contribution in [3.63, 3.8) is 0 Å². The third-order valence-electron chi connectivity index (χ3n) is 2.62. The van der Waals surface area contributed by atoms with Crippen molar-refractivity contribution in [2.75, 3.05) is 19.7 Å². The number of morpholine rings is 1. The maximum atomic E-state index is 11.1. The number of halogens is 1. The van der Waals surface area contributed by atoms with Gasteiger partial charge >= 0.3 is 6.03 Å². The Labute approximate surface area is 98.9 Å². The van der Waals surface area contributed by atoms with E-state index in [0.717, 1.165) is 5.56 Å². The van der Waals surface area contributed by atoms with E-state index in [0.29, 0.717) is 24.7 Å². The fourth-order valence-corrected chi connectivity index (χ4v) is 1.85. The Bertz CT molecular complexity index is 380. The number of rotatable bonds is 1. The molecule has 16 heavy (non-hydrogen) atoms. The first kappa shape index (κ1) is 11.2. The molecule has 1 fully saturated rings. The minimum Gasteiger partial charge on any atom is -0.370 e. The van der Waals surface area contributed by atoms with Crippen molar-refractivity contribution in [2.24, 2.45) is 5.73 Å². The molecule has 86 valence electrons. The van der Waals surface area contributed by atoms with Gasteiger partial charge in [-0.3, -0.25) is 0 Å². The van der Waals surface area contributed by atoms with Crippen molar-refractivity contribution in [3.05, 3.63) is 34.9 Å². The number of ether oxygens (including phenoxy) is 1. The Hall–Kier alpha value is -1.26. The molecule has 0 aliphatic carbocycles. The van der Waals surface area contributed by atoms with Gasteiger partial charge in [0.15, 0.2) is 0 Å². The number of urea groups is 1. The summed E-state index contributed by atoms with van der Waals surface area (Å²) in [5.74, 6) is 0. The van der Waals surface area contributed by atoms with Gasteiger partial charge in [0.25, 0.3) is 0 Å². The molecule has 1 aliphatic rings. The van der Waals surface area contributed by atoms with E-state index in [1.54, 1.807) is 4.90 Å². The maximum Gasteiger partial charge on any atom is 0.314 e. The van der Waals surface area contributed by atoms with Crippen LogP contribution in [-0.4, -0.2) is 30.6 Å². The summed E-state index contributed by atoms with van der Waals surface area (Å²) in [5, 5.41) is 0.686. The van der Waals surface area contributed by atoms with Gasteiger partial charge in [-0.15, -0.1) is 0 Å². The van der Waals surface area contributed by atoms with E-state index in [-0.39, 0.29) is 6.10 Å². The van der Waals surface area contributed by atoms with Crippen molar-refractivity contribution >= 4 is 17.6 Å². The second-order valence-electron chi connectivity index (χ2n) is 3.70. The number of carbonyl (C=O) groups is 1. The zero-order valence-corrected chi connectivity index (χ0v) is 9.48. The topological polar surface area (TPSA) is 55.6 Å². The predicted molar refractivity (Wildman–Crippen MR) is 61.3 cm³/mol. The molecule has 4 nitrogen and oxygen atoms in total. The number of nitrogens with two attached hydrogens (primary N) is 1. The molecule has 1 aromatic rings. The molecule has 1 unspecified atom stereocenters. The summed E-state index contributed by atoms with van der Waals surface area (Å²) in [6.07, 6.45) is -0.112. The molecule has 2 rings (SSSR count). The first-order valence-electron chi connectivity index (χ1n) is 5.08. The molecule has 0 saturated carbocycles. The SMILES string of the molecule is NC(=O)N1CCOC(c2ccc(Cl)cc2)C1. The summed E-state index contributed by atoms with van der Waals surface area (Å²) < 4.78 is 5.59. The zero-order chi connectivity index (χ0) is 11.5. The highest BCUT2D eigenvalue weighted by atomic mass is 35.5. The van der Waals surface area contributed by atoms with Crippen molar-refractivity contribution in [1.82, 2.24) is 4.90 Å². The monoisotopic (exact) mass is 240 g/mol. The largest absolute Gasteiger partial charge is 0.370 e. The van der Waals surface area contributed by atoms with Crippen LogP contribution in [0, 0.1) is 0 Å². The molecular formula is C11H13ClN2O2. The Morgan fingerprint density at radius 3 is 2.75 bits per heavy atom. The van der Waals surface area contributed by atoms with Crippen molar-refractivity contribution in [3.8, 4) is 0 Å². The number of primary amides is 1. The van der Waals surface area contributed by atoms with E-state index in [1.807, 2.05) is 24.3 Å². The third kappa shape index (κ3) is 2.46. The minimum atomic E-state index is -0.401. The second kappa shape index (κ2) is 4.72. The lowest BCUT2D eigenvalue weighted by atomic mass is 10.1. The van der Waals surface area contributed by atoms with Gasteiger partial charge in [-0.05, 0) is 17.7 Å². The molecule has 2 N–H and O–H groups in total. The lowest BCUT2D eigenvalue weighted by Crippen LogP contribution is -2.44. The average molecular weight is 241 g/mol. The first-order chi connectivity index (χ1) is 7.66.